The number of hydrogen-bond donors (Lipinski definition) is 0. The van der Waals surface area contributed by atoms with Gasteiger partial charge in [-0.1, -0.05) is 13.0 Å². The Morgan fingerprint density at radius 3 is 2.52 bits per heavy atom. The number of nitrogens with zero attached hydrogens (tertiary/aromatic N) is 3. The summed E-state index contributed by atoms with van der Waals surface area (Å²) in [4.78, 5) is 21.7. The number of rotatable bonds is 4. The van der Waals surface area contributed by atoms with Crippen LogP contribution in [0.15, 0.2) is 28.1 Å². The van der Waals surface area contributed by atoms with Gasteiger partial charge in [-0.2, -0.15) is 4.99 Å². The molecule has 134 valence electrons. The van der Waals surface area contributed by atoms with E-state index in [1.54, 1.807) is 14.2 Å². The molecule has 1 fully saturated rings. The van der Waals surface area contributed by atoms with Crippen LogP contribution in [0.3, 0.4) is 0 Å². The van der Waals surface area contributed by atoms with Gasteiger partial charge in [0.2, 0.25) is 0 Å². The maximum Gasteiger partial charge on any atom is 0.286 e. The van der Waals surface area contributed by atoms with Crippen molar-refractivity contribution < 1.29 is 14.3 Å². The molecule has 6 nitrogen and oxygen atoms in total. The van der Waals surface area contributed by atoms with Crippen molar-refractivity contribution in [2.75, 3.05) is 46.9 Å². The van der Waals surface area contributed by atoms with Crippen molar-refractivity contribution in [3.05, 3.63) is 28.7 Å². The van der Waals surface area contributed by atoms with Crippen LogP contribution in [-0.2, 0) is 4.79 Å². The summed E-state index contributed by atoms with van der Waals surface area (Å²) < 4.78 is 10.6. The highest BCUT2D eigenvalue weighted by atomic mass is 32.2. The third-order valence-electron chi connectivity index (χ3n) is 4.40. The molecule has 1 aromatic carbocycles. The molecule has 3 rings (SSSR count). The first kappa shape index (κ1) is 17.8. The molecule has 0 aliphatic carbocycles. The molecule has 1 amide bonds. The molecule has 2 heterocycles. The summed E-state index contributed by atoms with van der Waals surface area (Å²) >= 11 is 1.45. The maximum atomic E-state index is 12.3. The van der Waals surface area contributed by atoms with Gasteiger partial charge in [-0.05, 0) is 42.1 Å². The van der Waals surface area contributed by atoms with Crippen molar-refractivity contribution in [3.8, 4) is 11.5 Å². The first-order chi connectivity index (χ1) is 12.1. The molecule has 2 aliphatic heterocycles. The molecule has 25 heavy (non-hydrogen) atoms. The molecule has 0 unspecified atom stereocenters. The summed E-state index contributed by atoms with van der Waals surface area (Å²) in [5, 5.41) is 0.812. The predicted molar refractivity (Wildman–Crippen MR) is 101 cm³/mol. The van der Waals surface area contributed by atoms with Crippen molar-refractivity contribution >= 4 is 28.9 Å². The van der Waals surface area contributed by atoms with Gasteiger partial charge in [0.15, 0.2) is 16.7 Å². The number of benzene rings is 1. The first-order valence-corrected chi connectivity index (χ1v) is 9.18. The number of methoxy groups -OCH3 is 2. The number of hydrogen-bond acceptors (Lipinski definition) is 6. The molecule has 0 N–H and O–H groups in total. The summed E-state index contributed by atoms with van der Waals surface area (Å²) in [6.45, 7) is 7.09. The zero-order valence-corrected chi connectivity index (χ0v) is 15.6. The van der Waals surface area contributed by atoms with Crippen LogP contribution in [0, 0.1) is 0 Å². The molecular weight excluding hydrogens is 338 g/mol. The zero-order valence-electron chi connectivity index (χ0n) is 14.8. The van der Waals surface area contributed by atoms with Crippen molar-refractivity contribution in [1.82, 2.24) is 9.80 Å². The minimum absolute atomic E-state index is 0.173. The van der Waals surface area contributed by atoms with E-state index in [0.29, 0.717) is 16.4 Å². The lowest BCUT2D eigenvalue weighted by atomic mass is 10.2. The average molecular weight is 361 g/mol. The summed E-state index contributed by atoms with van der Waals surface area (Å²) in [5.74, 6) is 1.14. The molecule has 0 bridgehead atoms. The second-order valence-electron chi connectivity index (χ2n) is 5.85. The van der Waals surface area contributed by atoms with E-state index in [9.17, 15) is 4.79 Å². The SMILES string of the molecule is CCN1CCN(C2=NC(=O)C(=Cc3ccc(OC)c(OC)c3)S2)CC1. The van der Waals surface area contributed by atoms with Gasteiger partial charge >= 0.3 is 0 Å². The molecule has 7 heteroatoms. The predicted octanol–water partition coefficient (Wildman–Crippen LogP) is 2.31. The highest BCUT2D eigenvalue weighted by Gasteiger charge is 2.28. The van der Waals surface area contributed by atoms with Crippen LogP contribution < -0.4 is 9.47 Å². The summed E-state index contributed by atoms with van der Waals surface area (Å²) in [6.07, 6.45) is 1.85. The molecule has 0 atom stereocenters. The van der Waals surface area contributed by atoms with E-state index in [-0.39, 0.29) is 5.91 Å². The van der Waals surface area contributed by atoms with E-state index in [1.807, 2.05) is 24.3 Å². The van der Waals surface area contributed by atoms with E-state index >= 15 is 0 Å². The van der Waals surface area contributed by atoms with Crippen LogP contribution in [0.5, 0.6) is 11.5 Å². The Morgan fingerprint density at radius 1 is 1.16 bits per heavy atom. The third kappa shape index (κ3) is 3.99. The van der Waals surface area contributed by atoms with E-state index in [1.165, 1.54) is 11.8 Å². The van der Waals surface area contributed by atoms with Gasteiger partial charge in [0.05, 0.1) is 19.1 Å². The quantitative estimate of drug-likeness (QED) is 0.767. The van der Waals surface area contributed by atoms with Gasteiger partial charge in [-0.3, -0.25) is 4.79 Å². The second kappa shape index (κ2) is 7.93. The normalized spacial score (nSPS) is 20.1. The van der Waals surface area contributed by atoms with Crippen molar-refractivity contribution in [1.29, 1.82) is 0 Å². The fourth-order valence-corrected chi connectivity index (χ4v) is 3.85. The lowest BCUT2D eigenvalue weighted by Crippen LogP contribution is -2.47. The van der Waals surface area contributed by atoms with E-state index in [2.05, 4.69) is 21.7 Å². The number of carbonyl (C=O) groups excluding carboxylic acids is 1. The number of aliphatic imine (C=N–C) groups is 1. The monoisotopic (exact) mass is 361 g/mol. The number of ether oxygens (including phenoxy) is 2. The molecule has 1 aromatic rings. The number of amidine groups is 1. The van der Waals surface area contributed by atoms with E-state index < -0.39 is 0 Å². The lowest BCUT2D eigenvalue weighted by Gasteiger charge is -2.34. The van der Waals surface area contributed by atoms with E-state index in [0.717, 1.165) is 43.5 Å². The number of amides is 1. The highest BCUT2D eigenvalue weighted by molar-refractivity contribution is 8.18. The van der Waals surface area contributed by atoms with Crippen LogP contribution in [-0.4, -0.2) is 67.8 Å². The number of carbonyl (C=O) groups is 1. The highest BCUT2D eigenvalue weighted by Crippen LogP contribution is 2.33. The number of likely N-dealkylation sites (N-methyl/N-ethyl adjacent to an activating group) is 1. The average Bonchev–Trinajstić information content (AvgIpc) is 3.02. The summed E-state index contributed by atoms with van der Waals surface area (Å²) in [5.41, 5.74) is 0.890. The van der Waals surface area contributed by atoms with Crippen molar-refractivity contribution in [3.63, 3.8) is 0 Å². The Labute approximate surface area is 152 Å². The second-order valence-corrected chi connectivity index (χ2v) is 6.86. The molecule has 0 saturated carbocycles. The third-order valence-corrected chi connectivity index (χ3v) is 5.45. The van der Waals surface area contributed by atoms with Gasteiger partial charge in [0, 0.05) is 26.2 Å². The topological polar surface area (TPSA) is 54.4 Å². The van der Waals surface area contributed by atoms with Gasteiger partial charge in [0.25, 0.3) is 5.91 Å². The lowest BCUT2D eigenvalue weighted by molar-refractivity contribution is -0.113. The Morgan fingerprint density at radius 2 is 1.88 bits per heavy atom. The Balaban J connectivity index is 1.71. The van der Waals surface area contributed by atoms with Crippen LogP contribution in [0.4, 0.5) is 0 Å². The van der Waals surface area contributed by atoms with Gasteiger partial charge < -0.3 is 19.3 Å². The minimum Gasteiger partial charge on any atom is -0.493 e. The Bertz CT molecular complexity index is 710. The molecule has 0 spiro atoms. The van der Waals surface area contributed by atoms with Gasteiger partial charge in [0.1, 0.15) is 0 Å². The standard InChI is InChI=1S/C18H23N3O3S/c1-4-20-7-9-21(10-8-20)18-19-17(22)16(25-18)12-13-5-6-14(23-2)15(11-13)24-3/h5-6,11-12H,4,7-10H2,1-3H3. The molecule has 0 aromatic heterocycles. The number of thioether (sulfide) groups is 1. The Hall–Kier alpha value is -1.99. The molecule has 0 radical (unpaired) electrons. The van der Waals surface area contributed by atoms with Crippen LogP contribution in [0.25, 0.3) is 6.08 Å². The van der Waals surface area contributed by atoms with Gasteiger partial charge in [-0.25, -0.2) is 0 Å². The largest absolute Gasteiger partial charge is 0.493 e. The summed E-state index contributed by atoms with van der Waals surface area (Å²) in [6, 6.07) is 5.60. The van der Waals surface area contributed by atoms with Crippen LogP contribution >= 0.6 is 11.8 Å². The minimum atomic E-state index is -0.173. The summed E-state index contributed by atoms with van der Waals surface area (Å²) in [7, 11) is 3.20. The molecule has 1 saturated heterocycles. The fourth-order valence-electron chi connectivity index (χ4n) is 2.88. The van der Waals surface area contributed by atoms with Crippen LogP contribution in [0.2, 0.25) is 0 Å². The van der Waals surface area contributed by atoms with Crippen molar-refractivity contribution in [2.24, 2.45) is 4.99 Å². The van der Waals surface area contributed by atoms with E-state index in [4.69, 9.17) is 9.47 Å². The fraction of sp³-hybridized carbons (Fsp3) is 0.444. The van der Waals surface area contributed by atoms with Crippen molar-refractivity contribution in [2.45, 2.75) is 6.92 Å². The first-order valence-electron chi connectivity index (χ1n) is 8.36. The molecule has 2 aliphatic rings. The maximum absolute atomic E-state index is 12.3. The number of piperazine rings is 1. The molecular formula is C18H23N3O3S. The van der Waals surface area contributed by atoms with Gasteiger partial charge in [-0.15, -0.1) is 0 Å². The smallest absolute Gasteiger partial charge is 0.286 e. The zero-order chi connectivity index (χ0) is 17.8. The van der Waals surface area contributed by atoms with Crippen LogP contribution in [0.1, 0.15) is 12.5 Å². The Kier molecular flexibility index (Phi) is 5.65.